The van der Waals surface area contributed by atoms with E-state index in [2.05, 4.69) is 39.0 Å². The number of benzene rings is 3. The van der Waals surface area contributed by atoms with Gasteiger partial charge < -0.3 is 28.7 Å². The van der Waals surface area contributed by atoms with Crippen LogP contribution in [0, 0.1) is 16.3 Å². The van der Waals surface area contributed by atoms with Crippen molar-refractivity contribution in [3.63, 3.8) is 0 Å². The van der Waals surface area contributed by atoms with E-state index in [4.69, 9.17) is 45.5 Å². The van der Waals surface area contributed by atoms with Crippen LogP contribution in [0.1, 0.15) is 36.0 Å². The highest BCUT2D eigenvalue weighted by molar-refractivity contribution is 14.1. The first-order valence-electron chi connectivity index (χ1n) is 18.4. The first-order chi connectivity index (χ1) is 26.6. The molecule has 0 aliphatic carbocycles. The summed E-state index contributed by atoms with van der Waals surface area (Å²) in [6.45, 7) is 10.4. The first kappa shape index (κ1) is 37.5. The minimum atomic E-state index is -0.607. The monoisotopic (exact) mass is 876 g/mol. The number of pyridine rings is 1. The fourth-order valence-electron chi connectivity index (χ4n) is 8.04. The van der Waals surface area contributed by atoms with Crippen LogP contribution in [-0.2, 0) is 13.1 Å². The quantitative estimate of drug-likeness (QED) is 0.0951. The zero-order valence-electron chi connectivity index (χ0n) is 31.4. The van der Waals surface area contributed by atoms with Gasteiger partial charge in [-0.1, -0.05) is 48.0 Å². The lowest BCUT2D eigenvalue weighted by atomic mass is 9.94. The number of likely N-dealkylation sites (N-methyl/N-ethyl adjacent to an activating group) is 1. The summed E-state index contributed by atoms with van der Waals surface area (Å²) < 4.78 is 41.7. The SMILES string of the molecule is C=C1CN2CCC[C@@]2(COc2nc3c4c(c(Cl)c(-c5nc(N(Cc6ccc(OC)cc6)Cc6ccc(OC)cc6)cc(C)c5I)c(F)c4n2)OCCN3C)C1. The van der Waals surface area contributed by atoms with Crippen LogP contribution in [0.3, 0.4) is 0 Å². The molecule has 55 heavy (non-hydrogen) atoms. The predicted octanol–water partition coefficient (Wildman–Crippen LogP) is 8.62. The molecular formula is C42H43ClFIN6O4. The third kappa shape index (κ3) is 7.12. The fourth-order valence-corrected chi connectivity index (χ4v) is 8.91. The molecule has 0 spiro atoms. The number of aryl methyl sites for hydroxylation is 1. The molecule has 0 N–H and O–H groups in total. The number of halogens is 3. The van der Waals surface area contributed by atoms with Crippen molar-refractivity contribution in [2.45, 2.75) is 44.8 Å². The van der Waals surface area contributed by atoms with Crippen LogP contribution in [0.2, 0.25) is 5.02 Å². The van der Waals surface area contributed by atoms with Gasteiger partial charge in [0.15, 0.2) is 11.6 Å². The molecule has 3 aliphatic rings. The molecule has 5 aromatic rings. The molecule has 8 rings (SSSR count). The lowest BCUT2D eigenvalue weighted by molar-refractivity contribution is 0.108. The Labute approximate surface area is 339 Å². The summed E-state index contributed by atoms with van der Waals surface area (Å²) in [5.74, 6) is 2.44. The van der Waals surface area contributed by atoms with Crippen molar-refractivity contribution in [3.8, 4) is 34.5 Å². The average molecular weight is 877 g/mol. The molecule has 2 saturated heterocycles. The van der Waals surface area contributed by atoms with Crippen LogP contribution in [-0.4, -0.2) is 79.5 Å². The van der Waals surface area contributed by atoms with Gasteiger partial charge in [-0.25, -0.2) is 9.37 Å². The molecule has 0 unspecified atom stereocenters. The molecule has 1 atom stereocenters. The number of aromatic nitrogens is 3. The summed E-state index contributed by atoms with van der Waals surface area (Å²) in [5, 5.41) is 0.541. The van der Waals surface area contributed by atoms with Gasteiger partial charge >= 0.3 is 6.01 Å². The minimum absolute atomic E-state index is 0.0775. The van der Waals surface area contributed by atoms with E-state index in [0.29, 0.717) is 61.3 Å². The van der Waals surface area contributed by atoms with Gasteiger partial charge in [-0.05, 0) is 102 Å². The molecule has 10 nitrogen and oxygen atoms in total. The number of anilines is 2. The van der Waals surface area contributed by atoms with Gasteiger partial charge in [0.25, 0.3) is 0 Å². The summed E-state index contributed by atoms with van der Waals surface area (Å²) in [4.78, 5) is 21.3. The van der Waals surface area contributed by atoms with Gasteiger partial charge in [-0.15, -0.1) is 0 Å². The van der Waals surface area contributed by atoms with Crippen LogP contribution in [0.5, 0.6) is 23.3 Å². The van der Waals surface area contributed by atoms with Crippen molar-refractivity contribution >= 4 is 56.7 Å². The van der Waals surface area contributed by atoms with E-state index in [-0.39, 0.29) is 27.7 Å². The van der Waals surface area contributed by atoms with E-state index in [1.54, 1.807) is 14.2 Å². The van der Waals surface area contributed by atoms with Crippen molar-refractivity contribution in [1.82, 2.24) is 19.9 Å². The number of hydrogen-bond acceptors (Lipinski definition) is 10. The number of ether oxygens (including phenoxy) is 4. The molecule has 286 valence electrons. The van der Waals surface area contributed by atoms with Crippen LogP contribution >= 0.6 is 34.2 Å². The zero-order valence-corrected chi connectivity index (χ0v) is 34.3. The van der Waals surface area contributed by atoms with E-state index < -0.39 is 5.82 Å². The molecule has 2 fully saturated rings. The van der Waals surface area contributed by atoms with Gasteiger partial charge in [-0.2, -0.15) is 9.97 Å². The fraction of sp³-hybridized carbons (Fsp3) is 0.357. The average Bonchev–Trinajstić information content (AvgIpc) is 3.66. The number of hydrogen-bond donors (Lipinski definition) is 0. The van der Waals surface area contributed by atoms with Gasteiger partial charge in [0.1, 0.15) is 41.9 Å². The Hall–Kier alpha value is -4.40. The molecule has 13 heteroatoms. The normalized spacial score (nSPS) is 17.9. The highest BCUT2D eigenvalue weighted by Crippen LogP contribution is 2.49. The smallest absolute Gasteiger partial charge is 0.319 e. The maximum atomic E-state index is 17.5. The summed E-state index contributed by atoms with van der Waals surface area (Å²) in [5.41, 5.74) is 4.69. The van der Waals surface area contributed by atoms with Crippen LogP contribution in [0.15, 0.2) is 66.7 Å². The van der Waals surface area contributed by atoms with E-state index in [1.165, 1.54) is 5.57 Å². The summed E-state index contributed by atoms with van der Waals surface area (Å²) >= 11 is 9.45. The van der Waals surface area contributed by atoms with Crippen molar-refractivity contribution < 1.29 is 23.3 Å². The lowest BCUT2D eigenvalue weighted by Gasteiger charge is -2.31. The molecule has 0 radical (unpaired) electrons. The largest absolute Gasteiger partial charge is 0.497 e. The minimum Gasteiger partial charge on any atom is -0.497 e. The third-order valence-electron chi connectivity index (χ3n) is 10.9. The van der Waals surface area contributed by atoms with Crippen molar-refractivity contribution in [2.75, 3.05) is 63.9 Å². The van der Waals surface area contributed by atoms with Gasteiger partial charge in [0.05, 0.1) is 48.0 Å². The number of nitrogens with zero attached hydrogens (tertiary/aromatic N) is 6. The number of rotatable bonds is 11. The molecule has 0 amide bonds. The molecule has 3 aliphatic heterocycles. The van der Waals surface area contributed by atoms with Gasteiger partial charge in [-0.3, -0.25) is 4.90 Å². The van der Waals surface area contributed by atoms with Crippen LogP contribution in [0.4, 0.5) is 16.0 Å². The van der Waals surface area contributed by atoms with Crippen molar-refractivity contribution in [2.24, 2.45) is 0 Å². The van der Waals surface area contributed by atoms with E-state index >= 15 is 4.39 Å². The second-order valence-corrected chi connectivity index (χ2v) is 16.1. The predicted molar refractivity (Wildman–Crippen MR) is 223 cm³/mol. The molecule has 5 heterocycles. The summed E-state index contributed by atoms with van der Waals surface area (Å²) in [6.07, 6.45) is 2.97. The second kappa shape index (κ2) is 15.3. The molecule has 2 aromatic heterocycles. The highest BCUT2D eigenvalue weighted by atomic mass is 127. The summed E-state index contributed by atoms with van der Waals surface area (Å²) in [7, 11) is 5.20. The van der Waals surface area contributed by atoms with Crippen LogP contribution in [0.25, 0.3) is 22.2 Å². The van der Waals surface area contributed by atoms with Gasteiger partial charge in [0, 0.05) is 30.3 Å². The highest BCUT2D eigenvalue weighted by Gasteiger charge is 2.46. The van der Waals surface area contributed by atoms with Crippen LogP contribution < -0.4 is 28.7 Å². The van der Waals surface area contributed by atoms with Crippen molar-refractivity contribution in [3.05, 3.63) is 97.8 Å². The molecular weight excluding hydrogens is 834 g/mol. The molecule has 0 bridgehead atoms. The molecule has 0 saturated carbocycles. The Morgan fingerprint density at radius 2 is 1.67 bits per heavy atom. The second-order valence-electron chi connectivity index (χ2n) is 14.6. The Balaban J connectivity index is 1.24. The topological polar surface area (TPSA) is 85.3 Å². The number of fused-ring (bicyclic) bond motifs is 1. The number of methoxy groups -OCH3 is 2. The Bertz CT molecular complexity index is 2230. The zero-order chi connectivity index (χ0) is 38.4. The maximum Gasteiger partial charge on any atom is 0.319 e. The maximum absolute atomic E-state index is 17.5. The Kier molecular flexibility index (Phi) is 10.4. The molecule has 3 aromatic carbocycles. The summed E-state index contributed by atoms with van der Waals surface area (Å²) in [6, 6.07) is 18.0. The Morgan fingerprint density at radius 3 is 2.33 bits per heavy atom. The van der Waals surface area contributed by atoms with Crippen molar-refractivity contribution in [1.29, 1.82) is 0 Å². The van der Waals surface area contributed by atoms with E-state index in [9.17, 15) is 0 Å². The third-order valence-corrected chi connectivity index (χ3v) is 12.7. The first-order valence-corrected chi connectivity index (χ1v) is 19.8. The van der Waals surface area contributed by atoms with E-state index in [1.807, 2.05) is 73.5 Å². The standard InChI is InChI=1S/C42H43ClFIN6O4/c1-25-20-42(15-6-16-51(42)21-25)24-55-41-47-37-33-39(54-18-17-49(3)40(33)48-41)34(43)32(35(37)44)38-36(45)26(2)19-31(46-38)50(22-27-7-11-29(52-4)12-8-27)23-28-9-13-30(53-5)14-10-28/h7-14,19H,1,6,15-18,20-24H2,2-5H3/t42-/m0/s1. The lowest BCUT2D eigenvalue weighted by Crippen LogP contribution is -2.43. The van der Waals surface area contributed by atoms with E-state index in [0.717, 1.165) is 64.1 Å². The van der Waals surface area contributed by atoms with Gasteiger partial charge in [0.2, 0.25) is 0 Å². The Morgan fingerprint density at radius 1 is 1.00 bits per heavy atom.